The van der Waals surface area contributed by atoms with E-state index in [1.165, 1.54) is 103 Å². The molecule has 14 rings (SSSR count). The first-order valence-corrected chi connectivity index (χ1v) is 23.6. The van der Waals surface area contributed by atoms with Crippen molar-refractivity contribution in [3.8, 4) is 55.8 Å². The zero-order valence-electron chi connectivity index (χ0n) is 35.9. The normalized spacial score (nSPS) is 13.2. The molecule has 0 amide bonds. The van der Waals surface area contributed by atoms with Crippen LogP contribution >= 0.6 is 11.8 Å². The van der Waals surface area contributed by atoms with Gasteiger partial charge in [-0.25, -0.2) is 4.98 Å². The quantitative estimate of drug-likeness (QED) is 0.129. The molecule has 0 unspecified atom stereocenters. The van der Waals surface area contributed by atoms with Crippen LogP contribution in [0.5, 0.6) is 0 Å². The number of rotatable bonds is 4. The molecule has 2 aliphatic rings. The second-order valence-corrected chi connectivity index (χ2v) is 18.7. The highest BCUT2D eigenvalue weighted by molar-refractivity contribution is 7.99. The Morgan fingerprint density at radius 2 is 0.803 bits per heavy atom. The highest BCUT2D eigenvalue weighted by atomic mass is 32.2. The Morgan fingerprint density at radius 3 is 1.44 bits per heavy atom. The fourth-order valence-electron chi connectivity index (χ4n) is 11.6. The molecule has 2 heterocycles. The molecule has 0 radical (unpaired) electrons. The maximum absolute atomic E-state index is 5.56. The Labute approximate surface area is 387 Å². The summed E-state index contributed by atoms with van der Waals surface area (Å²) >= 11 is 1.92. The minimum Gasteiger partial charge on any atom is -0.247 e. The molecule has 0 fully saturated rings. The molecule has 66 heavy (non-hydrogen) atoms. The summed E-state index contributed by atoms with van der Waals surface area (Å²) < 4.78 is 0. The van der Waals surface area contributed by atoms with E-state index in [1.807, 2.05) is 11.8 Å². The summed E-state index contributed by atoms with van der Waals surface area (Å²) in [5.41, 5.74) is 17.9. The molecular weight excluding hydrogens is 815 g/mol. The van der Waals surface area contributed by atoms with Crippen molar-refractivity contribution in [1.29, 1.82) is 0 Å². The number of hydrogen-bond donors (Lipinski definition) is 0. The zero-order chi connectivity index (χ0) is 43.3. The van der Waals surface area contributed by atoms with Crippen LogP contribution in [0, 0.1) is 0 Å². The molecule has 1 aliphatic heterocycles. The number of aromatic nitrogens is 1. The molecule has 1 spiro atoms. The van der Waals surface area contributed by atoms with Gasteiger partial charge >= 0.3 is 0 Å². The van der Waals surface area contributed by atoms with E-state index < -0.39 is 5.41 Å². The first kappa shape index (κ1) is 37.3. The molecule has 0 bridgehead atoms. The number of nitrogens with zero attached hydrogens (tertiary/aromatic N) is 1. The van der Waals surface area contributed by atoms with Gasteiger partial charge in [-0.3, -0.25) is 0 Å². The van der Waals surface area contributed by atoms with Crippen molar-refractivity contribution in [2.24, 2.45) is 0 Å². The van der Waals surface area contributed by atoms with Gasteiger partial charge in [-0.1, -0.05) is 230 Å². The summed E-state index contributed by atoms with van der Waals surface area (Å²) in [6.45, 7) is 0. The molecular formula is C64H39NS. The van der Waals surface area contributed by atoms with Crippen LogP contribution in [0.15, 0.2) is 246 Å². The lowest BCUT2D eigenvalue weighted by Gasteiger charge is -2.40. The van der Waals surface area contributed by atoms with Crippen molar-refractivity contribution in [1.82, 2.24) is 4.98 Å². The van der Waals surface area contributed by atoms with Crippen molar-refractivity contribution >= 4 is 55.0 Å². The second kappa shape index (κ2) is 14.5. The molecule has 1 aromatic heterocycles. The first-order valence-electron chi connectivity index (χ1n) is 22.8. The van der Waals surface area contributed by atoms with Gasteiger partial charge in [0.15, 0.2) is 0 Å². The maximum atomic E-state index is 5.56. The van der Waals surface area contributed by atoms with Crippen molar-refractivity contribution in [3.05, 3.63) is 259 Å². The molecule has 1 nitrogen and oxygen atoms in total. The predicted molar refractivity (Wildman–Crippen MR) is 277 cm³/mol. The van der Waals surface area contributed by atoms with E-state index >= 15 is 0 Å². The van der Waals surface area contributed by atoms with E-state index in [4.69, 9.17) is 4.98 Å². The SMILES string of the molecule is c1ccc(-c2ccc(-c3c4ccccc4c(-c4ccc5nc(-c6ccccc6)c6ccc7c(c6c5c4)Sc4ccccc4C74c5ccccc5-c5ccccc54)c4ccccc34)cc2)cc1. The maximum Gasteiger partial charge on any atom is 0.0788 e. The molecule has 0 N–H and O–H groups in total. The third kappa shape index (κ3) is 5.28. The van der Waals surface area contributed by atoms with Crippen LogP contribution in [0.3, 0.4) is 0 Å². The molecule has 0 saturated carbocycles. The predicted octanol–water partition coefficient (Wildman–Crippen LogP) is 17.2. The van der Waals surface area contributed by atoms with E-state index in [1.54, 1.807) is 0 Å². The molecule has 1 aliphatic carbocycles. The third-order valence-electron chi connectivity index (χ3n) is 14.3. The monoisotopic (exact) mass is 853 g/mol. The zero-order valence-corrected chi connectivity index (χ0v) is 36.7. The van der Waals surface area contributed by atoms with E-state index in [-0.39, 0.29) is 0 Å². The largest absolute Gasteiger partial charge is 0.247 e. The summed E-state index contributed by atoms with van der Waals surface area (Å²) in [4.78, 5) is 8.14. The van der Waals surface area contributed by atoms with Crippen molar-refractivity contribution in [2.75, 3.05) is 0 Å². The lowest BCUT2D eigenvalue weighted by Crippen LogP contribution is -2.32. The fraction of sp³-hybridized carbons (Fsp3) is 0.0156. The van der Waals surface area contributed by atoms with Gasteiger partial charge in [0.05, 0.1) is 16.6 Å². The highest BCUT2D eigenvalue weighted by Crippen LogP contribution is 2.63. The van der Waals surface area contributed by atoms with Gasteiger partial charge in [0.25, 0.3) is 0 Å². The Kier molecular flexibility index (Phi) is 8.20. The van der Waals surface area contributed by atoms with Crippen LogP contribution in [0.25, 0.3) is 99.0 Å². The van der Waals surface area contributed by atoms with Crippen LogP contribution in [0.1, 0.15) is 22.3 Å². The number of fused-ring (bicyclic) bond motifs is 15. The fourth-order valence-corrected chi connectivity index (χ4v) is 12.9. The topological polar surface area (TPSA) is 12.9 Å². The molecule has 11 aromatic carbocycles. The lowest BCUT2D eigenvalue weighted by molar-refractivity contribution is 0.726. The van der Waals surface area contributed by atoms with E-state index in [9.17, 15) is 0 Å². The average Bonchev–Trinajstić information content (AvgIpc) is 3.68. The number of pyridine rings is 1. The minimum absolute atomic E-state index is 0.486. The summed E-state index contributed by atoms with van der Waals surface area (Å²) in [6.07, 6.45) is 0. The molecule has 0 saturated heterocycles. The van der Waals surface area contributed by atoms with Gasteiger partial charge in [-0.2, -0.15) is 0 Å². The van der Waals surface area contributed by atoms with Gasteiger partial charge in [0.1, 0.15) is 0 Å². The Bertz CT molecular complexity index is 3840. The van der Waals surface area contributed by atoms with Crippen LogP contribution in [0.4, 0.5) is 0 Å². The summed E-state index contributed by atoms with van der Waals surface area (Å²) in [7, 11) is 0. The minimum atomic E-state index is -0.486. The Balaban J connectivity index is 1.07. The highest BCUT2D eigenvalue weighted by Gasteiger charge is 2.50. The summed E-state index contributed by atoms with van der Waals surface area (Å²) in [5, 5.41) is 8.53. The van der Waals surface area contributed by atoms with Crippen LogP contribution in [-0.2, 0) is 5.41 Å². The number of benzene rings is 11. The van der Waals surface area contributed by atoms with Crippen molar-refractivity contribution < 1.29 is 0 Å². The second-order valence-electron chi connectivity index (χ2n) is 17.6. The summed E-state index contributed by atoms with van der Waals surface area (Å²) in [6, 6.07) is 87.6. The Morgan fingerprint density at radius 1 is 0.318 bits per heavy atom. The van der Waals surface area contributed by atoms with Gasteiger partial charge < -0.3 is 0 Å². The van der Waals surface area contributed by atoms with Gasteiger partial charge in [0, 0.05) is 31.5 Å². The van der Waals surface area contributed by atoms with Gasteiger partial charge in [-0.15, -0.1) is 0 Å². The standard InChI is InChI=1S/C64H39NS/c1-3-17-40(18-4-1)41-31-33-42(34-32-41)59-47-23-7-9-25-49(47)60(50-26-10-8-24-48(50)59)44-35-38-57-52(39-44)61-51(62(65-57)43-19-5-2-6-20-43)36-37-56-63(61)66-58-30-16-15-29-55(58)64(56)53-27-13-11-21-45(53)46-22-12-14-28-54(46)64/h1-39H. The molecule has 2 heteroatoms. The molecule has 0 atom stereocenters. The lowest BCUT2D eigenvalue weighted by atomic mass is 9.67. The van der Waals surface area contributed by atoms with Gasteiger partial charge in [-0.05, 0) is 107 Å². The van der Waals surface area contributed by atoms with Crippen molar-refractivity contribution in [2.45, 2.75) is 15.2 Å². The smallest absolute Gasteiger partial charge is 0.0788 e. The first-order chi connectivity index (χ1) is 32.8. The van der Waals surface area contributed by atoms with E-state index in [0.29, 0.717) is 0 Å². The van der Waals surface area contributed by atoms with Crippen LogP contribution in [-0.4, -0.2) is 4.98 Å². The number of hydrogen-bond acceptors (Lipinski definition) is 2. The van der Waals surface area contributed by atoms with E-state index in [0.717, 1.165) is 27.5 Å². The third-order valence-corrected chi connectivity index (χ3v) is 15.5. The van der Waals surface area contributed by atoms with Crippen LogP contribution in [0.2, 0.25) is 0 Å². The van der Waals surface area contributed by atoms with Gasteiger partial charge in [0.2, 0.25) is 0 Å². The van der Waals surface area contributed by atoms with Crippen molar-refractivity contribution in [3.63, 3.8) is 0 Å². The molecule has 12 aromatic rings. The Hall–Kier alpha value is -8.04. The van der Waals surface area contributed by atoms with E-state index in [2.05, 4.69) is 237 Å². The summed E-state index contributed by atoms with van der Waals surface area (Å²) in [5.74, 6) is 0. The average molecular weight is 854 g/mol. The molecule has 306 valence electrons. The van der Waals surface area contributed by atoms with Crippen LogP contribution < -0.4 is 0 Å².